The maximum Gasteiger partial charge on any atom is 0.329 e. The first-order valence-corrected chi connectivity index (χ1v) is 4.26. The van der Waals surface area contributed by atoms with E-state index in [9.17, 15) is 9.59 Å². The summed E-state index contributed by atoms with van der Waals surface area (Å²) in [5, 5.41) is 2.31. The minimum Gasteiger partial charge on any atom is -0.460 e. The van der Waals surface area contributed by atoms with Gasteiger partial charge in [-0.05, 0) is 0 Å². The van der Waals surface area contributed by atoms with Crippen molar-refractivity contribution in [1.82, 2.24) is 5.32 Å². The summed E-state index contributed by atoms with van der Waals surface area (Å²) in [5.74, 6) is -0.955. The van der Waals surface area contributed by atoms with E-state index < -0.39 is 24.8 Å². The lowest BCUT2D eigenvalue weighted by Crippen LogP contribution is -2.42. The average Bonchev–Trinajstić information content (AvgIpc) is 2.21. The van der Waals surface area contributed by atoms with Crippen LogP contribution < -0.4 is 5.32 Å². The topological polar surface area (TPSA) is 55.4 Å². The van der Waals surface area contributed by atoms with Crippen LogP contribution in [0.15, 0.2) is 12.7 Å². The number of hydrogen-bond acceptors (Lipinski definition) is 4. The van der Waals surface area contributed by atoms with E-state index in [-0.39, 0.29) is 12.4 Å². The molecule has 0 bridgehead atoms. The molecule has 0 spiro atoms. The lowest BCUT2D eigenvalue weighted by atomic mass is 10.3. The standard InChI is InChI=1S/C8H13NO3S/c1-3-4-12-8(11)7(5-13)9-6(2)10/h3,7,13H,1,4-5H2,2H3,(H,9,10)/t7-/m0/s1/i2D. The van der Waals surface area contributed by atoms with Gasteiger partial charge in [-0.3, -0.25) is 4.79 Å². The van der Waals surface area contributed by atoms with Gasteiger partial charge in [-0.2, -0.15) is 12.6 Å². The monoisotopic (exact) mass is 204 g/mol. The number of esters is 1. The van der Waals surface area contributed by atoms with E-state index in [4.69, 9.17) is 6.11 Å². The van der Waals surface area contributed by atoms with Crippen LogP contribution in [0, 0.1) is 0 Å². The van der Waals surface area contributed by atoms with E-state index >= 15 is 0 Å². The Morgan fingerprint density at radius 1 is 1.85 bits per heavy atom. The van der Waals surface area contributed by atoms with E-state index in [0.29, 0.717) is 0 Å². The number of hydrogen-bond donors (Lipinski definition) is 2. The Morgan fingerprint density at radius 2 is 2.54 bits per heavy atom. The summed E-state index contributed by atoms with van der Waals surface area (Å²) >= 11 is 3.89. The van der Waals surface area contributed by atoms with Crippen LogP contribution in [-0.2, 0) is 14.3 Å². The van der Waals surface area contributed by atoms with E-state index in [1.807, 2.05) is 0 Å². The van der Waals surface area contributed by atoms with E-state index in [0.717, 1.165) is 0 Å². The number of carbonyl (C=O) groups excluding carboxylic acids is 2. The Labute approximate surface area is 84.2 Å². The van der Waals surface area contributed by atoms with Gasteiger partial charge >= 0.3 is 5.97 Å². The largest absolute Gasteiger partial charge is 0.460 e. The van der Waals surface area contributed by atoms with Gasteiger partial charge < -0.3 is 10.1 Å². The van der Waals surface area contributed by atoms with Gasteiger partial charge in [0.1, 0.15) is 12.6 Å². The summed E-state index contributed by atoms with van der Waals surface area (Å²) in [4.78, 5) is 22.0. The van der Waals surface area contributed by atoms with Crippen LogP contribution in [0.1, 0.15) is 8.27 Å². The molecule has 5 heteroatoms. The van der Waals surface area contributed by atoms with Crippen molar-refractivity contribution in [2.45, 2.75) is 12.9 Å². The molecule has 1 N–H and O–H groups in total. The Bertz CT molecular complexity index is 223. The highest BCUT2D eigenvalue weighted by atomic mass is 32.1. The third kappa shape index (κ3) is 5.30. The molecule has 0 unspecified atom stereocenters. The maximum absolute atomic E-state index is 11.2. The van der Waals surface area contributed by atoms with Crippen LogP contribution >= 0.6 is 12.6 Å². The molecule has 0 saturated carbocycles. The molecular weight excluding hydrogens is 190 g/mol. The summed E-state index contributed by atoms with van der Waals surface area (Å²) in [5.41, 5.74) is 0. The summed E-state index contributed by atoms with van der Waals surface area (Å²) < 4.78 is 11.5. The van der Waals surface area contributed by atoms with Crippen LogP contribution in [0.5, 0.6) is 0 Å². The van der Waals surface area contributed by atoms with Gasteiger partial charge in [0.2, 0.25) is 5.91 Å². The van der Waals surface area contributed by atoms with Crippen molar-refractivity contribution in [2.75, 3.05) is 12.4 Å². The Kier molecular flexibility index (Phi) is 5.08. The summed E-state index contributed by atoms with van der Waals surface area (Å²) in [6.45, 7) is 3.06. The lowest BCUT2D eigenvalue weighted by molar-refractivity contribution is -0.145. The Balaban J connectivity index is 4.04. The number of rotatable bonds is 5. The minimum atomic E-state index is -0.795. The molecule has 0 aromatic carbocycles. The number of carbonyl (C=O) groups is 2. The summed E-state index contributed by atoms with van der Waals surface area (Å²) in [7, 11) is 0. The second-order valence-electron chi connectivity index (χ2n) is 2.22. The molecular formula is C8H13NO3S. The Morgan fingerprint density at radius 3 is 3.00 bits per heavy atom. The number of thiol groups is 1. The second-order valence-corrected chi connectivity index (χ2v) is 2.59. The van der Waals surface area contributed by atoms with Gasteiger partial charge in [0.15, 0.2) is 0 Å². The molecule has 0 saturated heterocycles. The van der Waals surface area contributed by atoms with Crippen molar-refractivity contribution in [2.24, 2.45) is 0 Å². The number of ether oxygens (including phenoxy) is 1. The molecule has 1 atom stereocenters. The van der Waals surface area contributed by atoms with Crippen molar-refractivity contribution < 1.29 is 15.7 Å². The van der Waals surface area contributed by atoms with E-state index in [1.165, 1.54) is 6.08 Å². The molecule has 13 heavy (non-hydrogen) atoms. The SMILES string of the molecule is [2H]CC(=O)N[C@@H](CS)C(=O)OCC=C. The van der Waals surface area contributed by atoms with Crippen molar-refractivity contribution in [1.29, 1.82) is 0 Å². The molecule has 0 aromatic heterocycles. The first kappa shape index (κ1) is 10.1. The molecule has 0 heterocycles. The fraction of sp³-hybridized carbons (Fsp3) is 0.500. The van der Waals surface area contributed by atoms with Gasteiger partial charge in [-0.1, -0.05) is 12.7 Å². The molecule has 0 aliphatic rings. The quantitative estimate of drug-likeness (QED) is 0.381. The number of nitrogens with one attached hydrogen (secondary N) is 1. The maximum atomic E-state index is 11.2. The van der Waals surface area contributed by atoms with Crippen LogP contribution in [0.4, 0.5) is 0 Å². The van der Waals surface area contributed by atoms with Crippen LogP contribution in [0.25, 0.3) is 0 Å². The molecule has 0 fully saturated rings. The Hall–Kier alpha value is -0.970. The molecule has 0 radical (unpaired) electrons. The molecule has 74 valence electrons. The smallest absolute Gasteiger partial charge is 0.329 e. The highest BCUT2D eigenvalue weighted by molar-refractivity contribution is 7.80. The van der Waals surface area contributed by atoms with Gasteiger partial charge in [0, 0.05) is 14.0 Å². The van der Waals surface area contributed by atoms with Crippen LogP contribution in [0.2, 0.25) is 0 Å². The van der Waals surface area contributed by atoms with Crippen LogP contribution in [0.3, 0.4) is 0 Å². The zero-order valence-electron chi connectivity index (χ0n) is 8.16. The molecule has 1 amide bonds. The minimum absolute atomic E-state index is 0.0971. The molecule has 0 aromatic rings. The highest BCUT2D eigenvalue weighted by Gasteiger charge is 2.18. The predicted octanol–water partition coefficient (Wildman–Crippen LogP) is 0.150. The van der Waals surface area contributed by atoms with Crippen molar-refractivity contribution in [3.8, 4) is 0 Å². The van der Waals surface area contributed by atoms with Crippen molar-refractivity contribution >= 4 is 24.5 Å². The predicted molar refractivity (Wildman–Crippen MR) is 52.6 cm³/mol. The third-order valence-electron chi connectivity index (χ3n) is 1.15. The van der Waals surface area contributed by atoms with Crippen LogP contribution in [-0.4, -0.2) is 30.3 Å². The normalized spacial score (nSPS) is 12.5. The van der Waals surface area contributed by atoms with Crippen molar-refractivity contribution in [3.05, 3.63) is 12.7 Å². The van der Waals surface area contributed by atoms with Gasteiger partial charge in [-0.15, -0.1) is 0 Å². The lowest BCUT2D eigenvalue weighted by Gasteiger charge is -2.13. The summed E-state index contributed by atoms with van der Waals surface area (Å²) in [6.07, 6.45) is 1.43. The second kappa shape index (κ2) is 6.54. The van der Waals surface area contributed by atoms with Gasteiger partial charge in [0.05, 0.1) is 0 Å². The van der Waals surface area contributed by atoms with E-state index in [1.54, 1.807) is 0 Å². The average molecular weight is 204 g/mol. The number of amides is 1. The highest BCUT2D eigenvalue weighted by Crippen LogP contribution is 1.92. The zero-order chi connectivity index (χ0) is 11.0. The zero-order valence-corrected chi connectivity index (χ0v) is 8.05. The molecule has 0 rings (SSSR count). The molecule has 0 aliphatic carbocycles. The molecule has 4 nitrogen and oxygen atoms in total. The fourth-order valence-corrected chi connectivity index (χ4v) is 0.855. The summed E-state index contributed by atoms with van der Waals surface area (Å²) in [6, 6.07) is -0.795. The fourth-order valence-electron chi connectivity index (χ4n) is 0.615. The van der Waals surface area contributed by atoms with Gasteiger partial charge in [0.25, 0.3) is 0 Å². The van der Waals surface area contributed by atoms with E-state index in [2.05, 4.69) is 24.5 Å². The molecule has 0 aliphatic heterocycles. The van der Waals surface area contributed by atoms with Gasteiger partial charge in [-0.25, -0.2) is 4.79 Å². The first-order valence-electron chi connectivity index (χ1n) is 4.33. The first-order chi connectivity index (χ1) is 6.65. The third-order valence-corrected chi connectivity index (χ3v) is 1.51. The van der Waals surface area contributed by atoms with Crippen molar-refractivity contribution in [3.63, 3.8) is 0 Å².